The fourth-order valence-corrected chi connectivity index (χ4v) is 4.09. The average molecular weight is 370 g/mol. The van der Waals surface area contributed by atoms with Crippen molar-refractivity contribution in [2.24, 2.45) is 0 Å². The zero-order valence-electron chi connectivity index (χ0n) is 16.0. The molecule has 3 nitrogen and oxygen atoms in total. The van der Waals surface area contributed by atoms with Gasteiger partial charge in [-0.15, -0.1) is 0 Å². The van der Waals surface area contributed by atoms with Gasteiger partial charge in [0, 0.05) is 30.7 Å². The summed E-state index contributed by atoms with van der Waals surface area (Å²) >= 11 is 0. The Hall–Kier alpha value is -2.91. The molecule has 1 heterocycles. The molecule has 0 saturated carbocycles. The Balaban J connectivity index is 1.63. The number of amides is 1. The van der Waals surface area contributed by atoms with Crippen LogP contribution in [0.2, 0.25) is 0 Å². The molecule has 1 saturated heterocycles. The van der Waals surface area contributed by atoms with Gasteiger partial charge in [-0.05, 0) is 36.1 Å². The van der Waals surface area contributed by atoms with Gasteiger partial charge < -0.3 is 10.2 Å². The molecule has 3 aromatic carbocycles. The quantitative estimate of drug-likeness (QED) is 0.737. The highest BCUT2D eigenvalue weighted by atomic mass is 16.2. The molecule has 3 heteroatoms. The predicted molar refractivity (Wildman–Crippen MR) is 113 cm³/mol. The summed E-state index contributed by atoms with van der Waals surface area (Å²) in [6.07, 6.45) is 1.72. The van der Waals surface area contributed by atoms with Crippen molar-refractivity contribution < 1.29 is 4.79 Å². The topological polar surface area (TPSA) is 32.3 Å². The predicted octanol–water partition coefficient (Wildman–Crippen LogP) is 3.95. The third kappa shape index (κ3) is 4.32. The van der Waals surface area contributed by atoms with Gasteiger partial charge in [0.05, 0.1) is 0 Å². The van der Waals surface area contributed by atoms with E-state index in [0.29, 0.717) is 0 Å². The SMILES string of the molecule is O=C(c1ccccc1)N1C(Cc2ccccc2)CNCC1Cc1ccccc1. The van der Waals surface area contributed by atoms with Crippen LogP contribution in [-0.4, -0.2) is 36.0 Å². The van der Waals surface area contributed by atoms with Gasteiger partial charge in [-0.3, -0.25) is 4.79 Å². The van der Waals surface area contributed by atoms with Gasteiger partial charge in [0.25, 0.3) is 5.91 Å². The first-order chi connectivity index (χ1) is 13.8. The van der Waals surface area contributed by atoms with E-state index in [-0.39, 0.29) is 18.0 Å². The van der Waals surface area contributed by atoms with Crippen molar-refractivity contribution in [1.82, 2.24) is 10.2 Å². The molecular weight excluding hydrogens is 344 g/mol. The Morgan fingerprint density at radius 3 is 1.61 bits per heavy atom. The van der Waals surface area contributed by atoms with Gasteiger partial charge in [0.2, 0.25) is 0 Å². The van der Waals surface area contributed by atoms with Crippen LogP contribution in [0.4, 0.5) is 0 Å². The molecular formula is C25H26N2O. The first kappa shape index (κ1) is 18.5. The molecule has 1 aliphatic rings. The second kappa shape index (κ2) is 8.85. The van der Waals surface area contributed by atoms with E-state index in [4.69, 9.17) is 0 Å². The lowest BCUT2D eigenvalue weighted by molar-refractivity contribution is 0.0489. The number of nitrogens with one attached hydrogen (secondary N) is 1. The molecule has 0 bridgehead atoms. The number of benzene rings is 3. The summed E-state index contributed by atoms with van der Waals surface area (Å²) in [6.45, 7) is 1.64. The molecule has 4 rings (SSSR count). The van der Waals surface area contributed by atoms with Crippen LogP contribution in [0.15, 0.2) is 91.0 Å². The Kier molecular flexibility index (Phi) is 5.83. The van der Waals surface area contributed by atoms with Gasteiger partial charge in [0.1, 0.15) is 0 Å². The minimum Gasteiger partial charge on any atom is -0.329 e. The van der Waals surface area contributed by atoms with E-state index in [1.807, 2.05) is 42.5 Å². The summed E-state index contributed by atoms with van der Waals surface area (Å²) < 4.78 is 0. The van der Waals surface area contributed by atoms with Crippen molar-refractivity contribution in [3.8, 4) is 0 Å². The monoisotopic (exact) mass is 370 g/mol. The van der Waals surface area contributed by atoms with Crippen LogP contribution in [0, 0.1) is 0 Å². The molecule has 142 valence electrons. The van der Waals surface area contributed by atoms with E-state index in [9.17, 15) is 4.79 Å². The van der Waals surface area contributed by atoms with E-state index in [0.717, 1.165) is 31.5 Å². The zero-order chi connectivity index (χ0) is 19.2. The highest BCUT2D eigenvalue weighted by molar-refractivity contribution is 5.94. The number of carbonyl (C=O) groups is 1. The summed E-state index contributed by atoms with van der Waals surface area (Å²) in [5.74, 6) is 0.129. The molecule has 1 N–H and O–H groups in total. The van der Waals surface area contributed by atoms with Crippen molar-refractivity contribution in [3.05, 3.63) is 108 Å². The molecule has 3 aromatic rings. The number of hydrogen-bond donors (Lipinski definition) is 1. The van der Waals surface area contributed by atoms with Crippen LogP contribution >= 0.6 is 0 Å². The molecule has 1 fully saturated rings. The van der Waals surface area contributed by atoms with Crippen LogP contribution in [0.1, 0.15) is 21.5 Å². The Morgan fingerprint density at radius 2 is 1.14 bits per heavy atom. The summed E-state index contributed by atoms with van der Waals surface area (Å²) in [6, 6.07) is 30.9. The maximum Gasteiger partial charge on any atom is 0.254 e. The van der Waals surface area contributed by atoms with Crippen LogP contribution in [0.3, 0.4) is 0 Å². The highest BCUT2D eigenvalue weighted by Gasteiger charge is 2.34. The van der Waals surface area contributed by atoms with Gasteiger partial charge in [-0.1, -0.05) is 78.9 Å². The lowest BCUT2D eigenvalue weighted by Gasteiger charge is -2.43. The van der Waals surface area contributed by atoms with Crippen LogP contribution < -0.4 is 5.32 Å². The molecule has 0 radical (unpaired) electrons. The normalized spacial score (nSPS) is 19.4. The molecule has 0 aliphatic carbocycles. The van der Waals surface area contributed by atoms with Crippen molar-refractivity contribution in [2.45, 2.75) is 24.9 Å². The van der Waals surface area contributed by atoms with Gasteiger partial charge in [0.15, 0.2) is 0 Å². The number of piperazine rings is 1. The second-order valence-corrected chi connectivity index (χ2v) is 7.42. The first-order valence-corrected chi connectivity index (χ1v) is 9.97. The summed E-state index contributed by atoms with van der Waals surface area (Å²) in [4.78, 5) is 15.6. The fourth-order valence-electron chi connectivity index (χ4n) is 4.09. The minimum absolute atomic E-state index is 0.129. The van der Waals surface area contributed by atoms with Gasteiger partial charge in [-0.2, -0.15) is 0 Å². The average Bonchev–Trinajstić information content (AvgIpc) is 2.76. The molecule has 0 spiro atoms. The maximum absolute atomic E-state index is 13.5. The summed E-state index contributed by atoms with van der Waals surface area (Å²) in [5, 5.41) is 3.57. The standard InChI is InChI=1S/C25H26N2O/c28-25(22-14-8-3-9-15-22)27-23(16-20-10-4-1-5-11-20)18-26-19-24(27)17-21-12-6-2-7-13-21/h1-15,23-24,26H,16-19H2. The van der Waals surface area contributed by atoms with Crippen molar-refractivity contribution in [2.75, 3.05) is 13.1 Å². The fraction of sp³-hybridized carbons (Fsp3) is 0.240. The van der Waals surface area contributed by atoms with Gasteiger partial charge >= 0.3 is 0 Å². The molecule has 1 amide bonds. The third-order valence-electron chi connectivity index (χ3n) is 5.43. The molecule has 2 unspecified atom stereocenters. The van der Waals surface area contributed by atoms with Crippen molar-refractivity contribution in [3.63, 3.8) is 0 Å². The maximum atomic E-state index is 13.5. The number of nitrogens with zero attached hydrogens (tertiary/aromatic N) is 1. The zero-order valence-corrected chi connectivity index (χ0v) is 16.0. The van der Waals surface area contributed by atoms with Crippen molar-refractivity contribution in [1.29, 1.82) is 0 Å². The number of carbonyl (C=O) groups excluding carboxylic acids is 1. The van der Waals surface area contributed by atoms with Crippen LogP contribution in [0.25, 0.3) is 0 Å². The van der Waals surface area contributed by atoms with E-state index in [1.54, 1.807) is 0 Å². The minimum atomic E-state index is 0.129. The molecule has 1 aliphatic heterocycles. The molecule has 0 aromatic heterocycles. The molecule has 2 atom stereocenters. The summed E-state index contributed by atoms with van der Waals surface area (Å²) in [5.41, 5.74) is 3.29. The Labute approximate surface area is 167 Å². The van der Waals surface area contributed by atoms with Crippen molar-refractivity contribution >= 4 is 5.91 Å². The lowest BCUT2D eigenvalue weighted by atomic mass is 9.95. The Bertz CT molecular complexity index is 831. The van der Waals surface area contributed by atoms with E-state index in [2.05, 4.69) is 58.7 Å². The third-order valence-corrected chi connectivity index (χ3v) is 5.43. The van der Waals surface area contributed by atoms with Crippen LogP contribution in [0.5, 0.6) is 0 Å². The van der Waals surface area contributed by atoms with E-state index in [1.165, 1.54) is 11.1 Å². The highest BCUT2D eigenvalue weighted by Crippen LogP contribution is 2.21. The number of rotatable bonds is 5. The Morgan fingerprint density at radius 1 is 0.714 bits per heavy atom. The summed E-state index contributed by atoms with van der Waals surface area (Å²) in [7, 11) is 0. The van der Waals surface area contributed by atoms with Gasteiger partial charge in [-0.25, -0.2) is 0 Å². The van der Waals surface area contributed by atoms with E-state index < -0.39 is 0 Å². The van der Waals surface area contributed by atoms with Crippen LogP contribution in [-0.2, 0) is 12.8 Å². The molecule has 28 heavy (non-hydrogen) atoms. The smallest absolute Gasteiger partial charge is 0.254 e. The lowest BCUT2D eigenvalue weighted by Crippen LogP contribution is -2.60. The largest absolute Gasteiger partial charge is 0.329 e. The van der Waals surface area contributed by atoms with E-state index >= 15 is 0 Å². The number of hydrogen-bond acceptors (Lipinski definition) is 2. The second-order valence-electron chi connectivity index (χ2n) is 7.42. The first-order valence-electron chi connectivity index (χ1n) is 9.97.